The highest BCUT2D eigenvalue weighted by atomic mass is 79.9. The van der Waals surface area contributed by atoms with Crippen LogP contribution in [0.1, 0.15) is 16.7 Å². The van der Waals surface area contributed by atoms with Crippen LogP contribution in [0.15, 0.2) is 42.5 Å². The Morgan fingerprint density at radius 1 is 1.16 bits per heavy atom. The molecule has 2 aromatic carbocycles. The fourth-order valence-electron chi connectivity index (χ4n) is 1.61. The minimum atomic E-state index is -0.512. The van der Waals surface area contributed by atoms with Gasteiger partial charge in [0, 0.05) is 10.9 Å². The summed E-state index contributed by atoms with van der Waals surface area (Å²) >= 11 is 3.36. The molecule has 2 nitrogen and oxygen atoms in total. The molecule has 0 radical (unpaired) electrons. The van der Waals surface area contributed by atoms with Crippen molar-refractivity contribution in [2.75, 3.05) is 0 Å². The van der Waals surface area contributed by atoms with E-state index in [0.717, 1.165) is 10.9 Å². The summed E-state index contributed by atoms with van der Waals surface area (Å²) in [6.07, 6.45) is 0. The van der Waals surface area contributed by atoms with E-state index in [-0.39, 0.29) is 12.2 Å². The number of nitriles is 1. The number of benzene rings is 2. The summed E-state index contributed by atoms with van der Waals surface area (Å²) < 4.78 is 19.3. The van der Waals surface area contributed by atoms with Gasteiger partial charge in [-0.15, -0.1) is 0 Å². The first-order chi connectivity index (χ1) is 9.24. The second kappa shape index (κ2) is 6.35. The van der Waals surface area contributed by atoms with Gasteiger partial charge in [0.1, 0.15) is 24.2 Å². The summed E-state index contributed by atoms with van der Waals surface area (Å²) in [6.45, 7) is 0.106. The lowest BCUT2D eigenvalue weighted by atomic mass is 10.1. The third-order valence-electron chi connectivity index (χ3n) is 2.67. The molecule has 2 aromatic rings. The standard InChI is InChI=1S/C15H11BrFNO/c16-8-11-4-6-14(7-5-11)19-10-13-3-1-2-12(9-18)15(13)17/h1-7H,8,10H2. The van der Waals surface area contributed by atoms with Crippen LogP contribution in [-0.4, -0.2) is 0 Å². The van der Waals surface area contributed by atoms with Crippen molar-refractivity contribution >= 4 is 15.9 Å². The van der Waals surface area contributed by atoms with E-state index in [4.69, 9.17) is 10.00 Å². The lowest BCUT2D eigenvalue weighted by molar-refractivity contribution is 0.299. The molecule has 0 bridgehead atoms. The van der Waals surface area contributed by atoms with Crippen LogP contribution in [0.3, 0.4) is 0 Å². The van der Waals surface area contributed by atoms with Gasteiger partial charge in [-0.2, -0.15) is 5.26 Å². The van der Waals surface area contributed by atoms with Crippen LogP contribution in [0.2, 0.25) is 0 Å². The van der Waals surface area contributed by atoms with Gasteiger partial charge in [0.05, 0.1) is 5.56 Å². The molecule has 0 unspecified atom stereocenters. The van der Waals surface area contributed by atoms with Gasteiger partial charge in [0.15, 0.2) is 0 Å². The number of rotatable bonds is 4. The molecule has 0 spiro atoms. The number of alkyl halides is 1. The zero-order valence-electron chi connectivity index (χ0n) is 10.1. The second-order valence-corrected chi connectivity index (χ2v) is 4.52. The SMILES string of the molecule is N#Cc1cccc(COc2ccc(CBr)cc2)c1F. The molecular weight excluding hydrogens is 309 g/mol. The smallest absolute Gasteiger partial charge is 0.147 e. The van der Waals surface area contributed by atoms with Crippen LogP contribution in [0, 0.1) is 17.1 Å². The molecule has 0 aliphatic rings. The summed E-state index contributed by atoms with van der Waals surface area (Å²) in [6, 6.07) is 14.1. The van der Waals surface area contributed by atoms with E-state index < -0.39 is 5.82 Å². The molecule has 19 heavy (non-hydrogen) atoms. The zero-order valence-corrected chi connectivity index (χ0v) is 11.7. The highest BCUT2D eigenvalue weighted by Gasteiger charge is 2.07. The van der Waals surface area contributed by atoms with Crippen molar-refractivity contribution in [3.05, 3.63) is 65.0 Å². The lowest BCUT2D eigenvalue weighted by Gasteiger charge is -2.08. The molecule has 0 atom stereocenters. The third-order valence-corrected chi connectivity index (χ3v) is 3.32. The lowest BCUT2D eigenvalue weighted by Crippen LogP contribution is -2.00. The zero-order chi connectivity index (χ0) is 13.7. The van der Waals surface area contributed by atoms with Crippen LogP contribution in [0.5, 0.6) is 5.75 Å². The van der Waals surface area contributed by atoms with Crippen molar-refractivity contribution in [1.29, 1.82) is 5.26 Å². The van der Waals surface area contributed by atoms with Gasteiger partial charge in [-0.05, 0) is 23.8 Å². The van der Waals surface area contributed by atoms with Crippen LogP contribution >= 0.6 is 15.9 Å². The highest BCUT2D eigenvalue weighted by molar-refractivity contribution is 9.08. The number of halogens is 2. The summed E-state index contributed by atoms with van der Waals surface area (Å²) in [5.41, 5.74) is 1.56. The predicted molar refractivity (Wildman–Crippen MR) is 74.5 cm³/mol. The molecule has 0 N–H and O–H groups in total. The summed E-state index contributed by atoms with van der Waals surface area (Å²) in [5.74, 6) is 0.161. The average Bonchev–Trinajstić information content (AvgIpc) is 2.47. The Kier molecular flexibility index (Phi) is 4.53. The van der Waals surface area contributed by atoms with Gasteiger partial charge in [0.2, 0.25) is 0 Å². The molecule has 0 aliphatic heterocycles. The van der Waals surface area contributed by atoms with Crippen molar-refractivity contribution in [2.24, 2.45) is 0 Å². The van der Waals surface area contributed by atoms with Crippen molar-refractivity contribution in [1.82, 2.24) is 0 Å². The maximum Gasteiger partial charge on any atom is 0.147 e. The first kappa shape index (κ1) is 13.6. The maximum atomic E-state index is 13.8. The number of nitrogens with zero attached hydrogens (tertiary/aromatic N) is 1. The molecule has 0 aliphatic carbocycles. The molecule has 0 aromatic heterocycles. The quantitative estimate of drug-likeness (QED) is 0.792. The van der Waals surface area contributed by atoms with Crippen LogP contribution in [-0.2, 0) is 11.9 Å². The predicted octanol–water partition coefficient (Wildman–Crippen LogP) is 4.17. The number of ether oxygens (including phenoxy) is 1. The normalized spacial score (nSPS) is 9.95. The Morgan fingerprint density at radius 2 is 1.89 bits per heavy atom. The molecule has 0 heterocycles. The Bertz CT molecular complexity index is 605. The Morgan fingerprint density at radius 3 is 2.53 bits per heavy atom. The Hall–Kier alpha value is -1.86. The van der Waals surface area contributed by atoms with Crippen LogP contribution in [0.25, 0.3) is 0 Å². The average molecular weight is 320 g/mol. The van der Waals surface area contributed by atoms with E-state index in [0.29, 0.717) is 11.3 Å². The molecule has 0 saturated carbocycles. The topological polar surface area (TPSA) is 33.0 Å². The van der Waals surface area contributed by atoms with Gasteiger partial charge >= 0.3 is 0 Å². The Balaban J connectivity index is 2.08. The van der Waals surface area contributed by atoms with Gasteiger partial charge in [-0.25, -0.2) is 4.39 Å². The van der Waals surface area contributed by atoms with Crippen molar-refractivity contribution in [3.8, 4) is 11.8 Å². The van der Waals surface area contributed by atoms with Gasteiger partial charge in [-0.1, -0.05) is 40.2 Å². The second-order valence-electron chi connectivity index (χ2n) is 3.96. The van der Waals surface area contributed by atoms with E-state index in [2.05, 4.69) is 15.9 Å². The third kappa shape index (κ3) is 3.33. The number of hydrogen-bond donors (Lipinski definition) is 0. The summed E-state index contributed by atoms with van der Waals surface area (Å²) in [5, 5.41) is 9.53. The molecule has 0 saturated heterocycles. The van der Waals surface area contributed by atoms with E-state index in [1.807, 2.05) is 30.3 Å². The van der Waals surface area contributed by atoms with E-state index in [1.165, 1.54) is 6.07 Å². The first-order valence-electron chi connectivity index (χ1n) is 5.70. The fraction of sp³-hybridized carbons (Fsp3) is 0.133. The molecular formula is C15H11BrFNO. The maximum absolute atomic E-state index is 13.8. The highest BCUT2D eigenvalue weighted by Crippen LogP contribution is 2.18. The van der Waals surface area contributed by atoms with Gasteiger partial charge < -0.3 is 4.74 Å². The van der Waals surface area contributed by atoms with Gasteiger partial charge in [-0.3, -0.25) is 0 Å². The molecule has 2 rings (SSSR count). The summed E-state index contributed by atoms with van der Waals surface area (Å²) in [7, 11) is 0. The minimum absolute atomic E-state index is 0.0377. The summed E-state index contributed by atoms with van der Waals surface area (Å²) in [4.78, 5) is 0. The monoisotopic (exact) mass is 319 g/mol. The van der Waals surface area contributed by atoms with E-state index >= 15 is 0 Å². The molecule has 96 valence electrons. The minimum Gasteiger partial charge on any atom is -0.489 e. The van der Waals surface area contributed by atoms with Crippen molar-refractivity contribution in [3.63, 3.8) is 0 Å². The molecule has 0 amide bonds. The van der Waals surface area contributed by atoms with Crippen molar-refractivity contribution in [2.45, 2.75) is 11.9 Å². The van der Waals surface area contributed by atoms with Crippen LogP contribution < -0.4 is 4.74 Å². The van der Waals surface area contributed by atoms with Crippen LogP contribution in [0.4, 0.5) is 4.39 Å². The Labute approximate surface area is 119 Å². The number of hydrogen-bond acceptors (Lipinski definition) is 2. The van der Waals surface area contributed by atoms with E-state index in [1.54, 1.807) is 12.1 Å². The first-order valence-corrected chi connectivity index (χ1v) is 6.82. The largest absolute Gasteiger partial charge is 0.489 e. The van der Waals surface area contributed by atoms with Crippen molar-refractivity contribution < 1.29 is 9.13 Å². The fourth-order valence-corrected chi connectivity index (χ4v) is 1.99. The molecule has 0 fully saturated rings. The molecule has 4 heteroatoms. The van der Waals surface area contributed by atoms with E-state index in [9.17, 15) is 4.39 Å². The van der Waals surface area contributed by atoms with Gasteiger partial charge in [0.25, 0.3) is 0 Å².